The quantitative estimate of drug-likeness (QED) is 0.458. The van der Waals surface area contributed by atoms with Gasteiger partial charge in [-0.05, 0) is 49.6 Å². The van der Waals surface area contributed by atoms with Crippen LogP contribution in [0.25, 0.3) is 34.1 Å². The molecule has 0 saturated carbocycles. The first-order valence-electron chi connectivity index (χ1n) is 10.6. The van der Waals surface area contributed by atoms with Crippen molar-refractivity contribution in [1.82, 2.24) is 19.5 Å². The zero-order chi connectivity index (χ0) is 21.1. The SMILES string of the molecule is C=C(CC)CC=c1ccc(CCc2nc3c4ncccc4ccc3n2C)nc1=CC. The Morgan fingerprint density at radius 1 is 1.07 bits per heavy atom. The monoisotopic (exact) mass is 396 g/mol. The zero-order valence-electron chi connectivity index (χ0n) is 18.0. The van der Waals surface area contributed by atoms with Crippen LogP contribution in [-0.2, 0) is 19.9 Å². The van der Waals surface area contributed by atoms with Gasteiger partial charge in [-0.3, -0.25) is 9.97 Å². The summed E-state index contributed by atoms with van der Waals surface area (Å²) in [5.74, 6) is 1.06. The molecule has 0 aliphatic rings. The fourth-order valence-electron chi connectivity index (χ4n) is 3.78. The average molecular weight is 397 g/mol. The number of allylic oxidation sites excluding steroid dienone is 1. The van der Waals surface area contributed by atoms with Gasteiger partial charge in [0.25, 0.3) is 0 Å². The van der Waals surface area contributed by atoms with E-state index in [9.17, 15) is 0 Å². The Kier molecular flexibility index (Phi) is 5.75. The third-order valence-electron chi connectivity index (χ3n) is 5.72. The lowest BCUT2D eigenvalue weighted by Crippen LogP contribution is -2.29. The molecule has 4 aromatic rings. The summed E-state index contributed by atoms with van der Waals surface area (Å²) in [6.45, 7) is 8.28. The van der Waals surface area contributed by atoms with Crippen molar-refractivity contribution in [2.75, 3.05) is 0 Å². The van der Waals surface area contributed by atoms with Crippen LogP contribution in [0.15, 0.2) is 54.7 Å². The maximum absolute atomic E-state index is 4.92. The lowest BCUT2D eigenvalue weighted by Gasteiger charge is -2.03. The molecule has 0 saturated heterocycles. The number of hydrogen-bond acceptors (Lipinski definition) is 3. The van der Waals surface area contributed by atoms with Crippen molar-refractivity contribution in [3.8, 4) is 0 Å². The highest BCUT2D eigenvalue weighted by atomic mass is 15.1. The Balaban J connectivity index is 1.60. The molecule has 0 bridgehead atoms. The molecule has 0 radical (unpaired) electrons. The molecule has 0 aliphatic heterocycles. The molecule has 0 unspecified atom stereocenters. The second kappa shape index (κ2) is 8.62. The molecule has 30 heavy (non-hydrogen) atoms. The summed E-state index contributed by atoms with van der Waals surface area (Å²) in [5.41, 5.74) is 5.39. The van der Waals surface area contributed by atoms with Crippen molar-refractivity contribution in [1.29, 1.82) is 0 Å². The van der Waals surface area contributed by atoms with Crippen molar-refractivity contribution < 1.29 is 0 Å². The van der Waals surface area contributed by atoms with Crippen molar-refractivity contribution in [3.63, 3.8) is 0 Å². The van der Waals surface area contributed by atoms with Gasteiger partial charge in [-0.1, -0.05) is 49.4 Å². The third kappa shape index (κ3) is 3.90. The van der Waals surface area contributed by atoms with Gasteiger partial charge < -0.3 is 4.57 Å². The number of rotatable bonds is 6. The molecule has 0 spiro atoms. The van der Waals surface area contributed by atoms with E-state index in [-0.39, 0.29) is 0 Å². The van der Waals surface area contributed by atoms with Crippen molar-refractivity contribution in [3.05, 3.63) is 76.8 Å². The van der Waals surface area contributed by atoms with E-state index in [1.807, 2.05) is 19.2 Å². The van der Waals surface area contributed by atoms with E-state index in [0.717, 1.165) is 64.5 Å². The minimum Gasteiger partial charge on any atom is -0.331 e. The number of hydrogen-bond donors (Lipinski definition) is 0. The Labute approximate surface area is 177 Å². The zero-order valence-corrected chi connectivity index (χ0v) is 18.0. The van der Waals surface area contributed by atoms with Crippen LogP contribution in [0.1, 0.15) is 38.2 Å². The minimum atomic E-state index is 0.839. The first-order chi connectivity index (χ1) is 14.6. The highest BCUT2D eigenvalue weighted by Gasteiger charge is 2.11. The molecule has 0 fully saturated rings. The maximum Gasteiger partial charge on any atom is 0.115 e. The molecule has 1 aromatic carbocycles. The van der Waals surface area contributed by atoms with E-state index in [1.165, 1.54) is 10.8 Å². The summed E-state index contributed by atoms with van der Waals surface area (Å²) >= 11 is 0. The van der Waals surface area contributed by atoms with Crippen LogP contribution in [-0.4, -0.2) is 19.5 Å². The van der Waals surface area contributed by atoms with E-state index < -0.39 is 0 Å². The number of aromatic nitrogens is 4. The van der Waals surface area contributed by atoms with Gasteiger partial charge in [-0.25, -0.2) is 4.98 Å². The molecular weight excluding hydrogens is 368 g/mol. The van der Waals surface area contributed by atoms with E-state index in [4.69, 9.17) is 9.97 Å². The molecule has 0 aliphatic carbocycles. The van der Waals surface area contributed by atoms with Crippen LogP contribution < -0.4 is 10.6 Å². The van der Waals surface area contributed by atoms with Crippen molar-refractivity contribution >= 4 is 34.1 Å². The fourth-order valence-corrected chi connectivity index (χ4v) is 3.78. The lowest BCUT2D eigenvalue weighted by molar-refractivity contribution is 0.773. The third-order valence-corrected chi connectivity index (χ3v) is 5.72. The number of aryl methyl sites for hydroxylation is 3. The highest BCUT2D eigenvalue weighted by molar-refractivity contribution is 6.01. The molecule has 0 N–H and O–H groups in total. The van der Waals surface area contributed by atoms with Crippen LogP contribution in [0, 0.1) is 0 Å². The van der Waals surface area contributed by atoms with E-state index in [0.29, 0.717) is 0 Å². The van der Waals surface area contributed by atoms with Crippen LogP contribution in [0.2, 0.25) is 0 Å². The topological polar surface area (TPSA) is 43.6 Å². The lowest BCUT2D eigenvalue weighted by atomic mass is 10.1. The molecule has 4 nitrogen and oxygen atoms in total. The number of imidazole rings is 1. The smallest absolute Gasteiger partial charge is 0.115 e. The standard InChI is InChI=1S/C26H28N4/c1-5-18(3)9-10-19-11-13-21(28-22(19)6-2)14-16-24-29-26-23(30(24)4)15-12-20-8-7-17-27-25(20)26/h6-8,10-13,15,17H,3,5,9,14,16H2,1-2,4H3. The molecule has 0 atom stereocenters. The summed E-state index contributed by atoms with van der Waals surface area (Å²) in [7, 11) is 2.08. The second-order valence-corrected chi connectivity index (χ2v) is 7.67. The first kappa shape index (κ1) is 20.0. The number of pyridine rings is 2. The summed E-state index contributed by atoms with van der Waals surface area (Å²) < 4.78 is 2.18. The van der Waals surface area contributed by atoms with Gasteiger partial charge in [0, 0.05) is 30.7 Å². The number of nitrogens with zero attached hydrogens (tertiary/aromatic N) is 4. The number of fused-ring (bicyclic) bond motifs is 3. The summed E-state index contributed by atoms with van der Waals surface area (Å²) in [5, 5.41) is 3.34. The Morgan fingerprint density at radius 3 is 2.73 bits per heavy atom. The number of benzene rings is 1. The molecular formula is C26H28N4. The average Bonchev–Trinajstić information content (AvgIpc) is 3.12. The summed E-state index contributed by atoms with van der Waals surface area (Å²) in [4.78, 5) is 14.3. The minimum absolute atomic E-state index is 0.839. The van der Waals surface area contributed by atoms with E-state index in [1.54, 1.807) is 0 Å². The first-order valence-corrected chi connectivity index (χ1v) is 10.6. The molecule has 3 heterocycles. The van der Waals surface area contributed by atoms with Crippen LogP contribution in [0.4, 0.5) is 0 Å². The summed E-state index contributed by atoms with van der Waals surface area (Å²) in [6, 6.07) is 12.6. The second-order valence-electron chi connectivity index (χ2n) is 7.67. The van der Waals surface area contributed by atoms with Gasteiger partial charge in [0.1, 0.15) is 11.3 Å². The Hall–Kier alpha value is -3.27. The largest absolute Gasteiger partial charge is 0.331 e. The van der Waals surface area contributed by atoms with Gasteiger partial charge in [0.15, 0.2) is 0 Å². The molecule has 4 rings (SSSR count). The Morgan fingerprint density at radius 2 is 1.93 bits per heavy atom. The predicted molar refractivity (Wildman–Crippen MR) is 126 cm³/mol. The van der Waals surface area contributed by atoms with Crippen LogP contribution >= 0.6 is 0 Å². The van der Waals surface area contributed by atoms with Gasteiger partial charge in [0.05, 0.1) is 16.4 Å². The molecule has 152 valence electrons. The van der Waals surface area contributed by atoms with Gasteiger partial charge >= 0.3 is 0 Å². The Bertz CT molecular complexity index is 1340. The van der Waals surface area contributed by atoms with Gasteiger partial charge in [-0.15, -0.1) is 0 Å². The maximum atomic E-state index is 4.92. The van der Waals surface area contributed by atoms with E-state index in [2.05, 4.69) is 72.6 Å². The molecule has 0 amide bonds. The van der Waals surface area contributed by atoms with Crippen molar-refractivity contribution in [2.24, 2.45) is 7.05 Å². The van der Waals surface area contributed by atoms with Crippen LogP contribution in [0.5, 0.6) is 0 Å². The molecule has 4 heteroatoms. The summed E-state index contributed by atoms with van der Waals surface area (Å²) in [6.07, 6.45) is 9.74. The van der Waals surface area contributed by atoms with Crippen molar-refractivity contribution in [2.45, 2.75) is 39.5 Å². The predicted octanol–water partition coefficient (Wildman–Crippen LogP) is 4.24. The normalized spacial score (nSPS) is 12.9. The van der Waals surface area contributed by atoms with Crippen LogP contribution in [0.3, 0.4) is 0 Å². The van der Waals surface area contributed by atoms with Gasteiger partial charge in [-0.2, -0.15) is 0 Å². The van der Waals surface area contributed by atoms with Gasteiger partial charge in [0.2, 0.25) is 0 Å². The fraction of sp³-hybridized carbons (Fsp3) is 0.269. The van der Waals surface area contributed by atoms with E-state index >= 15 is 0 Å². The molecule has 3 aromatic heterocycles. The highest BCUT2D eigenvalue weighted by Crippen LogP contribution is 2.23.